The van der Waals surface area contributed by atoms with Gasteiger partial charge in [-0.25, -0.2) is 12.8 Å². The summed E-state index contributed by atoms with van der Waals surface area (Å²) in [5.41, 5.74) is 1.05. The van der Waals surface area contributed by atoms with Crippen LogP contribution < -0.4 is 15.4 Å². The molecular formula is C23H26FN3O5S. The molecule has 0 aliphatic carbocycles. The predicted octanol–water partition coefficient (Wildman–Crippen LogP) is 3.28. The fraction of sp³-hybridized carbons (Fsp3) is 0.391. The number of piperidine rings is 1. The van der Waals surface area contributed by atoms with E-state index in [9.17, 15) is 22.4 Å². The number of fused-ring (bicyclic) bond motifs is 1. The highest BCUT2D eigenvalue weighted by Gasteiger charge is 2.35. The number of nitrogens with zero attached hydrogens (tertiary/aromatic N) is 1. The van der Waals surface area contributed by atoms with Crippen LogP contribution in [0.2, 0.25) is 0 Å². The Morgan fingerprint density at radius 2 is 1.94 bits per heavy atom. The Morgan fingerprint density at radius 1 is 1.24 bits per heavy atom. The number of hydrogen-bond donors (Lipinski definition) is 2. The normalized spacial score (nSPS) is 19.4. The maximum atomic E-state index is 13.8. The Hall–Kier alpha value is -2.98. The van der Waals surface area contributed by atoms with Crippen molar-refractivity contribution in [1.29, 1.82) is 0 Å². The summed E-state index contributed by atoms with van der Waals surface area (Å²) in [4.78, 5) is 24.7. The molecule has 10 heteroatoms. The van der Waals surface area contributed by atoms with Crippen molar-refractivity contribution in [2.24, 2.45) is 5.92 Å². The van der Waals surface area contributed by atoms with E-state index in [0.29, 0.717) is 36.3 Å². The van der Waals surface area contributed by atoms with Gasteiger partial charge in [0.2, 0.25) is 15.9 Å². The number of benzene rings is 2. The maximum Gasteiger partial charge on any atom is 0.265 e. The summed E-state index contributed by atoms with van der Waals surface area (Å²) in [6, 6.07) is 8.98. The van der Waals surface area contributed by atoms with Gasteiger partial charge in [0.25, 0.3) is 5.91 Å². The zero-order valence-electron chi connectivity index (χ0n) is 18.4. The molecule has 0 saturated carbocycles. The van der Waals surface area contributed by atoms with Gasteiger partial charge in [-0.1, -0.05) is 19.1 Å². The molecule has 176 valence electrons. The van der Waals surface area contributed by atoms with Crippen LogP contribution in [0.1, 0.15) is 31.7 Å². The van der Waals surface area contributed by atoms with Crippen molar-refractivity contribution in [3.8, 4) is 5.75 Å². The van der Waals surface area contributed by atoms with Crippen molar-refractivity contribution in [3.63, 3.8) is 0 Å². The number of rotatable bonds is 5. The summed E-state index contributed by atoms with van der Waals surface area (Å²) in [5, 5.41) is 5.35. The van der Waals surface area contributed by atoms with E-state index in [-0.39, 0.29) is 35.5 Å². The van der Waals surface area contributed by atoms with Crippen LogP contribution in [-0.2, 0) is 19.6 Å². The molecule has 2 aliphatic heterocycles. The van der Waals surface area contributed by atoms with Crippen LogP contribution in [-0.4, -0.2) is 43.7 Å². The summed E-state index contributed by atoms with van der Waals surface area (Å²) in [7, 11) is -3.83. The number of carbonyl (C=O) groups excluding carboxylic acids is 2. The second kappa shape index (κ2) is 9.11. The summed E-state index contributed by atoms with van der Waals surface area (Å²) >= 11 is 0. The largest absolute Gasteiger partial charge is 0.478 e. The Labute approximate surface area is 192 Å². The van der Waals surface area contributed by atoms with Gasteiger partial charge in [-0.15, -0.1) is 0 Å². The molecule has 0 spiro atoms. The first-order chi connectivity index (χ1) is 15.7. The van der Waals surface area contributed by atoms with Crippen LogP contribution in [0.15, 0.2) is 41.3 Å². The predicted molar refractivity (Wildman–Crippen MR) is 121 cm³/mol. The number of hydrogen-bond acceptors (Lipinski definition) is 5. The van der Waals surface area contributed by atoms with Gasteiger partial charge < -0.3 is 15.4 Å². The molecule has 8 nitrogen and oxygen atoms in total. The minimum atomic E-state index is -3.83. The van der Waals surface area contributed by atoms with Crippen LogP contribution in [0.25, 0.3) is 0 Å². The van der Waals surface area contributed by atoms with E-state index in [1.54, 1.807) is 25.1 Å². The van der Waals surface area contributed by atoms with Gasteiger partial charge in [0.1, 0.15) is 11.6 Å². The molecule has 2 aliphatic rings. The molecule has 33 heavy (non-hydrogen) atoms. The maximum absolute atomic E-state index is 13.8. The van der Waals surface area contributed by atoms with E-state index in [0.717, 1.165) is 0 Å². The molecule has 4 rings (SSSR count). The van der Waals surface area contributed by atoms with E-state index in [1.807, 2.05) is 6.92 Å². The first-order valence-corrected chi connectivity index (χ1v) is 12.3. The SMILES string of the molecule is CC[C@H]1Oc2cc(S(=O)(=O)N3CCC(C(=O)Nc4ccccc4F)CC3)c(C)cc2NC1=O. The van der Waals surface area contributed by atoms with Crippen molar-refractivity contribution in [2.45, 2.75) is 44.1 Å². The zero-order chi connectivity index (χ0) is 23.8. The number of halogens is 1. The number of sulfonamides is 1. The molecule has 1 atom stereocenters. The topological polar surface area (TPSA) is 105 Å². The van der Waals surface area contributed by atoms with Gasteiger partial charge in [-0.3, -0.25) is 9.59 Å². The molecule has 2 heterocycles. The third-order valence-corrected chi connectivity index (χ3v) is 8.08. The van der Waals surface area contributed by atoms with Gasteiger partial charge in [0, 0.05) is 25.1 Å². The summed E-state index contributed by atoms with van der Waals surface area (Å²) in [6.45, 7) is 3.82. The second-order valence-electron chi connectivity index (χ2n) is 8.27. The molecule has 0 radical (unpaired) electrons. The zero-order valence-corrected chi connectivity index (χ0v) is 19.2. The Bertz CT molecular complexity index is 1190. The molecule has 1 saturated heterocycles. The number of aryl methyl sites for hydroxylation is 1. The number of carbonyl (C=O) groups is 2. The highest BCUT2D eigenvalue weighted by atomic mass is 32.2. The monoisotopic (exact) mass is 475 g/mol. The van der Waals surface area contributed by atoms with Crippen molar-refractivity contribution >= 4 is 33.2 Å². The first-order valence-electron chi connectivity index (χ1n) is 10.9. The Balaban J connectivity index is 1.47. The van der Waals surface area contributed by atoms with Crippen LogP contribution in [0.5, 0.6) is 5.75 Å². The molecule has 2 aromatic carbocycles. The molecule has 2 amide bonds. The lowest BCUT2D eigenvalue weighted by atomic mass is 9.97. The highest BCUT2D eigenvalue weighted by Crippen LogP contribution is 2.36. The summed E-state index contributed by atoms with van der Waals surface area (Å²) in [5.74, 6) is -1.18. The second-order valence-corrected chi connectivity index (χ2v) is 10.2. The average molecular weight is 476 g/mol. The number of nitrogens with one attached hydrogen (secondary N) is 2. The quantitative estimate of drug-likeness (QED) is 0.691. The van der Waals surface area contributed by atoms with Crippen LogP contribution in [0.4, 0.5) is 15.8 Å². The van der Waals surface area contributed by atoms with Crippen molar-refractivity contribution in [2.75, 3.05) is 23.7 Å². The molecule has 2 aromatic rings. The van der Waals surface area contributed by atoms with Crippen LogP contribution >= 0.6 is 0 Å². The lowest BCUT2D eigenvalue weighted by molar-refractivity contribution is -0.123. The fourth-order valence-electron chi connectivity index (χ4n) is 4.13. The molecular weight excluding hydrogens is 449 g/mol. The van der Waals surface area contributed by atoms with Crippen LogP contribution in [0.3, 0.4) is 0 Å². The lowest BCUT2D eigenvalue weighted by Gasteiger charge is -2.32. The van der Waals surface area contributed by atoms with Crippen molar-refractivity contribution in [3.05, 3.63) is 47.8 Å². The molecule has 0 aromatic heterocycles. The first kappa shape index (κ1) is 23.2. The van der Waals surface area contributed by atoms with Crippen LogP contribution in [0, 0.1) is 18.7 Å². The van der Waals surface area contributed by atoms with Crippen molar-refractivity contribution in [1.82, 2.24) is 4.31 Å². The Kier molecular flexibility index (Phi) is 6.40. The standard InChI is InChI=1S/C23H26FN3O5S/c1-3-19-23(29)26-18-12-14(2)21(13-20(18)32-19)33(30,31)27-10-8-15(9-11-27)22(28)25-17-7-5-4-6-16(17)24/h4-7,12-13,15,19H,3,8-11H2,1-2H3,(H,25,28)(H,26,29)/t19-/m1/s1. The fourth-order valence-corrected chi connectivity index (χ4v) is 5.82. The van der Waals surface area contributed by atoms with E-state index >= 15 is 0 Å². The number of amides is 2. The highest BCUT2D eigenvalue weighted by molar-refractivity contribution is 7.89. The molecule has 2 N–H and O–H groups in total. The van der Waals surface area contributed by atoms with Gasteiger partial charge in [-0.05, 0) is 49.9 Å². The van der Waals surface area contributed by atoms with E-state index in [4.69, 9.17) is 4.74 Å². The van der Waals surface area contributed by atoms with Crippen molar-refractivity contribution < 1.29 is 27.1 Å². The van der Waals surface area contributed by atoms with E-state index in [1.165, 1.54) is 22.5 Å². The van der Waals surface area contributed by atoms with Gasteiger partial charge in [0.05, 0.1) is 16.3 Å². The van der Waals surface area contributed by atoms with E-state index < -0.39 is 27.9 Å². The lowest BCUT2D eigenvalue weighted by Crippen LogP contribution is -2.41. The van der Waals surface area contributed by atoms with E-state index in [2.05, 4.69) is 10.6 Å². The molecule has 0 unspecified atom stereocenters. The minimum absolute atomic E-state index is 0.111. The summed E-state index contributed by atoms with van der Waals surface area (Å²) < 4.78 is 47.6. The smallest absolute Gasteiger partial charge is 0.265 e. The van der Waals surface area contributed by atoms with Gasteiger partial charge in [0.15, 0.2) is 6.10 Å². The molecule has 1 fully saturated rings. The number of para-hydroxylation sites is 1. The van der Waals surface area contributed by atoms with Gasteiger partial charge >= 0.3 is 0 Å². The Morgan fingerprint density at radius 3 is 2.61 bits per heavy atom. The number of anilines is 2. The summed E-state index contributed by atoms with van der Waals surface area (Å²) in [6.07, 6.45) is 0.450. The third-order valence-electron chi connectivity index (χ3n) is 6.04. The molecule has 0 bridgehead atoms. The average Bonchev–Trinajstić information content (AvgIpc) is 2.79. The van der Waals surface area contributed by atoms with Gasteiger partial charge in [-0.2, -0.15) is 4.31 Å². The number of ether oxygens (including phenoxy) is 1. The minimum Gasteiger partial charge on any atom is -0.478 e. The third kappa shape index (κ3) is 4.58.